The Labute approximate surface area is 122 Å². The van der Waals surface area contributed by atoms with Crippen LogP contribution >= 0.6 is 0 Å². The van der Waals surface area contributed by atoms with E-state index in [0.29, 0.717) is 24.5 Å². The van der Waals surface area contributed by atoms with Gasteiger partial charge in [0.2, 0.25) is 10.0 Å². The third kappa shape index (κ3) is 3.40. The number of benzene rings is 1. The molecule has 0 spiro atoms. The average Bonchev–Trinajstić information content (AvgIpc) is 2.70. The Hall–Kier alpha value is -0.910. The molecule has 1 aliphatic rings. The first-order chi connectivity index (χ1) is 9.55. The zero-order chi connectivity index (χ0) is 14.6. The zero-order valence-corrected chi connectivity index (χ0v) is 13.2. The van der Waals surface area contributed by atoms with E-state index in [2.05, 4.69) is 5.32 Å². The molecular formula is C15H24N2O2S. The van der Waals surface area contributed by atoms with Gasteiger partial charge in [0.1, 0.15) is 0 Å². The van der Waals surface area contributed by atoms with E-state index in [-0.39, 0.29) is 0 Å². The number of hydrogen-bond acceptors (Lipinski definition) is 3. The normalized spacial score (nSPS) is 17.9. The third-order valence-electron chi connectivity index (χ3n) is 3.82. The fourth-order valence-corrected chi connectivity index (χ4v) is 4.45. The Morgan fingerprint density at radius 1 is 1.15 bits per heavy atom. The highest BCUT2D eigenvalue weighted by Crippen LogP contribution is 2.24. The first-order valence-corrected chi connectivity index (χ1v) is 8.74. The van der Waals surface area contributed by atoms with Gasteiger partial charge in [-0.05, 0) is 44.0 Å². The molecule has 1 N–H and O–H groups in total. The summed E-state index contributed by atoms with van der Waals surface area (Å²) in [6, 6.07) is 5.69. The molecule has 1 saturated heterocycles. The first-order valence-electron chi connectivity index (χ1n) is 7.30. The van der Waals surface area contributed by atoms with Crippen LogP contribution in [0, 0.1) is 6.92 Å². The van der Waals surface area contributed by atoms with E-state index in [1.165, 1.54) is 0 Å². The molecule has 0 bridgehead atoms. The summed E-state index contributed by atoms with van der Waals surface area (Å²) in [6.45, 7) is 3.85. The molecule has 0 aliphatic carbocycles. The van der Waals surface area contributed by atoms with E-state index < -0.39 is 10.0 Å². The lowest BCUT2D eigenvalue weighted by Crippen LogP contribution is -2.32. The first kappa shape index (κ1) is 15.5. The average molecular weight is 296 g/mol. The fourth-order valence-electron chi connectivity index (χ4n) is 2.66. The van der Waals surface area contributed by atoms with Gasteiger partial charge >= 0.3 is 0 Å². The molecule has 1 aromatic carbocycles. The van der Waals surface area contributed by atoms with Crippen molar-refractivity contribution >= 4 is 10.0 Å². The summed E-state index contributed by atoms with van der Waals surface area (Å²) in [5, 5.41) is 3.06. The van der Waals surface area contributed by atoms with Crippen LogP contribution in [-0.2, 0) is 16.6 Å². The number of rotatable bonds is 4. The molecule has 1 aliphatic heterocycles. The minimum Gasteiger partial charge on any atom is -0.316 e. The summed E-state index contributed by atoms with van der Waals surface area (Å²) in [6.07, 6.45) is 4.19. The topological polar surface area (TPSA) is 49.4 Å². The Bertz CT molecular complexity index is 547. The van der Waals surface area contributed by atoms with E-state index >= 15 is 0 Å². The highest BCUT2D eigenvalue weighted by atomic mass is 32.2. The van der Waals surface area contributed by atoms with Crippen molar-refractivity contribution in [2.24, 2.45) is 0 Å². The molecule has 4 nitrogen and oxygen atoms in total. The highest BCUT2D eigenvalue weighted by molar-refractivity contribution is 7.89. The number of nitrogens with one attached hydrogen (secondary N) is 1. The van der Waals surface area contributed by atoms with Crippen LogP contribution in [-0.4, -0.2) is 32.9 Å². The second kappa shape index (κ2) is 6.70. The summed E-state index contributed by atoms with van der Waals surface area (Å²) in [5.41, 5.74) is 1.83. The van der Waals surface area contributed by atoms with Crippen molar-refractivity contribution in [3.63, 3.8) is 0 Å². The van der Waals surface area contributed by atoms with Crippen LogP contribution in [0.15, 0.2) is 23.1 Å². The zero-order valence-electron chi connectivity index (χ0n) is 12.4. The van der Waals surface area contributed by atoms with Crippen LogP contribution in [0.4, 0.5) is 0 Å². The van der Waals surface area contributed by atoms with Crippen molar-refractivity contribution in [2.75, 3.05) is 20.1 Å². The van der Waals surface area contributed by atoms with Crippen molar-refractivity contribution in [2.45, 2.75) is 44.0 Å². The molecule has 0 aromatic heterocycles. The lowest BCUT2D eigenvalue weighted by Gasteiger charge is -2.21. The lowest BCUT2D eigenvalue weighted by atomic mass is 10.1. The quantitative estimate of drug-likeness (QED) is 0.927. The van der Waals surface area contributed by atoms with Gasteiger partial charge in [0.15, 0.2) is 0 Å². The Morgan fingerprint density at radius 3 is 2.40 bits per heavy atom. The van der Waals surface area contributed by atoms with Crippen LogP contribution in [0.5, 0.6) is 0 Å². The van der Waals surface area contributed by atoms with Gasteiger partial charge in [-0.1, -0.05) is 25.0 Å². The number of nitrogens with zero attached hydrogens (tertiary/aromatic N) is 1. The fraction of sp³-hybridized carbons (Fsp3) is 0.600. The van der Waals surface area contributed by atoms with Crippen LogP contribution in [0.25, 0.3) is 0 Å². The summed E-state index contributed by atoms with van der Waals surface area (Å²) in [5.74, 6) is 0. The molecule has 20 heavy (non-hydrogen) atoms. The maximum atomic E-state index is 12.8. The minimum absolute atomic E-state index is 0.465. The van der Waals surface area contributed by atoms with Crippen LogP contribution in [0.3, 0.4) is 0 Å². The lowest BCUT2D eigenvalue weighted by molar-refractivity contribution is 0.423. The maximum Gasteiger partial charge on any atom is 0.243 e. The van der Waals surface area contributed by atoms with Crippen molar-refractivity contribution in [3.8, 4) is 0 Å². The van der Waals surface area contributed by atoms with Crippen LogP contribution in [0.1, 0.15) is 36.8 Å². The molecule has 112 valence electrons. The number of aryl methyl sites for hydroxylation is 1. The summed E-state index contributed by atoms with van der Waals surface area (Å²) < 4.78 is 27.3. The molecule has 1 fully saturated rings. The van der Waals surface area contributed by atoms with Gasteiger partial charge in [-0.15, -0.1) is 0 Å². The van der Waals surface area contributed by atoms with Gasteiger partial charge in [-0.25, -0.2) is 8.42 Å². The van der Waals surface area contributed by atoms with E-state index in [1.807, 2.05) is 32.2 Å². The van der Waals surface area contributed by atoms with Gasteiger partial charge in [0.05, 0.1) is 4.90 Å². The van der Waals surface area contributed by atoms with Gasteiger partial charge in [0, 0.05) is 19.6 Å². The van der Waals surface area contributed by atoms with E-state index in [0.717, 1.165) is 36.8 Å². The predicted molar refractivity (Wildman–Crippen MR) is 81.2 cm³/mol. The number of sulfonamides is 1. The molecule has 1 aromatic rings. The molecular weight excluding hydrogens is 272 g/mol. The van der Waals surface area contributed by atoms with E-state index in [9.17, 15) is 8.42 Å². The molecule has 2 rings (SSSR count). The van der Waals surface area contributed by atoms with Gasteiger partial charge in [-0.3, -0.25) is 0 Å². The molecule has 1 heterocycles. The van der Waals surface area contributed by atoms with Crippen LogP contribution < -0.4 is 5.32 Å². The monoisotopic (exact) mass is 296 g/mol. The van der Waals surface area contributed by atoms with Gasteiger partial charge in [0.25, 0.3) is 0 Å². The third-order valence-corrected chi connectivity index (χ3v) is 5.86. The standard InChI is InChI=1S/C15H24N2O2S/c1-13-7-8-14(12-16-2)11-15(13)20(18,19)17-9-5-3-4-6-10-17/h7-8,11,16H,3-6,9-10,12H2,1-2H3. The maximum absolute atomic E-state index is 12.8. The summed E-state index contributed by atoms with van der Waals surface area (Å²) in [4.78, 5) is 0.465. The molecule has 0 saturated carbocycles. The molecule has 5 heteroatoms. The summed E-state index contributed by atoms with van der Waals surface area (Å²) >= 11 is 0. The van der Waals surface area contributed by atoms with Crippen molar-refractivity contribution < 1.29 is 8.42 Å². The van der Waals surface area contributed by atoms with Gasteiger partial charge < -0.3 is 5.32 Å². The second-order valence-corrected chi connectivity index (χ2v) is 7.35. The molecule has 0 atom stereocenters. The summed E-state index contributed by atoms with van der Waals surface area (Å²) in [7, 11) is -1.49. The molecule has 0 unspecified atom stereocenters. The Balaban J connectivity index is 2.34. The minimum atomic E-state index is -3.35. The van der Waals surface area contributed by atoms with Crippen LogP contribution in [0.2, 0.25) is 0 Å². The van der Waals surface area contributed by atoms with E-state index in [1.54, 1.807) is 4.31 Å². The second-order valence-electron chi connectivity index (χ2n) is 5.45. The van der Waals surface area contributed by atoms with E-state index in [4.69, 9.17) is 0 Å². The smallest absolute Gasteiger partial charge is 0.243 e. The van der Waals surface area contributed by atoms with Gasteiger partial charge in [-0.2, -0.15) is 4.31 Å². The SMILES string of the molecule is CNCc1ccc(C)c(S(=O)(=O)N2CCCCCC2)c1. The Kier molecular flexibility index (Phi) is 5.18. The largest absolute Gasteiger partial charge is 0.316 e. The highest BCUT2D eigenvalue weighted by Gasteiger charge is 2.26. The number of hydrogen-bond donors (Lipinski definition) is 1. The Morgan fingerprint density at radius 2 is 1.80 bits per heavy atom. The molecule has 0 radical (unpaired) electrons. The molecule has 0 amide bonds. The van der Waals surface area contributed by atoms with Crippen molar-refractivity contribution in [3.05, 3.63) is 29.3 Å². The predicted octanol–water partition coefficient (Wildman–Crippen LogP) is 2.28. The van der Waals surface area contributed by atoms with Crippen molar-refractivity contribution in [1.29, 1.82) is 0 Å². The van der Waals surface area contributed by atoms with Crippen molar-refractivity contribution in [1.82, 2.24) is 9.62 Å².